The van der Waals surface area contributed by atoms with E-state index in [9.17, 15) is 9.18 Å². The summed E-state index contributed by atoms with van der Waals surface area (Å²) in [4.78, 5) is 14.8. The van der Waals surface area contributed by atoms with E-state index in [0.717, 1.165) is 18.4 Å². The number of nitrogens with zero attached hydrogens (tertiary/aromatic N) is 1. The third-order valence-corrected chi connectivity index (χ3v) is 5.07. The molecule has 4 rings (SSSR count). The summed E-state index contributed by atoms with van der Waals surface area (Å²) in [6, 6.07) is 14.8. The van der Waals surface area contributed by atoms with E-state index < -0.39 is 13.0 Å². The second-order valence-corrected chi connectivity index (χ2v) is 6.81. The van der Waals surface area contributed by atoms with Crippen LogP contribution in [0.1, 0.15) is 24.3 Å². The lowest BCUT2D eigenvalue weighted by molar-refractivity contribution is -0.142. The first kappa shape index (κ1) is 17.6. The van der Waals surface area contributed by atoms with Crippen LogP contribution in [0.5, 0.6) is 17.2 Å². The van der Waals surface area contributed by atoms with Crippen LogP contribution in [-0.4, -0.2) is 43.5 Å². The molecule has 0 N–H and O–H groups in total. The molecule has 142 valence electrons. The first-order chi connectivity index (χ1) is 13.2. The van der Waals surface area contributed by atoms with Gasteiger partial charge in [-0.25, -0.2) is 4.39 Å². The summed E-state index contributed by atoms with van der Waals surface area (Å²) in [6.45, 7) is 0.687. The minimum Gasteiger partial charge on any atom is -0.485 e. The summed E-state index contributed by atoms with van der Waals surface area (Å²) in [5, 5.41) is 0. The molecule has 2 atom stereocenters. The van der Waals surface area contributed by atoms with Crippen LogP contribution in [0.25, 0.3) is 0 Å². The van der Waals surface area contributed by atoms with E-state index in [1.807, 2.05) is 47.4 Å². The number of piperidine rings is 1. The minimum absolute atomic E-state index is 0.0506. The molecule has 6 heteroatoms. The number of carbonyl (C=O) groups excluding carboxylic acids is 1. The van der Waals surface area contributed by atoms with Crippen molar-refractivity contribution in [2.45, 2.75) is 24.9 Å². The topological polar surface area (TPSA) is 48.0 Å². The Morgan fingerprint density at radius 3 is 2.89 bits per heavy atom. The van der Waals surface area contributed by atoms with Crippen LogP contribution in [-0.2, 0) is 4.79 Å². The molecular weight excluding hydrogens is 349 g/mol. The highest BCUT2D eigenvalue weighted by molar-refractivity contribution is 5.82. The first-order valence-electron chi connectivity index (χ1n) is 9.20. The van der Waals surface area contributed by atoms with Crippen LogP contribution in [0, 0.1) is 0 Å². The Bertz CT molecular complexity index is 812. The summed E-state index contributed by atoms with van der Waals surface area (Å²) in [5.41, 5.74) is 1.06. The number of hydrogen-bond acceptors (Lipinski definition) is 4. The number of ether oxygens (including phenoxy) is 3. The van der Waals surface area contributed by atoms with E-state index in [1.165, 1.54) is 0 Å². The summed E-state index contributed by atoms with van der Waals surface area (Å²) >= 11 is 0. The Morgan fingerprint density at radius 1 is 1.19 bits per heavy atom. The minimum atomic E-state index is -0.848. The zero-order chi connectivity index (χ0) is 18.6. The smallest absolute Gasteiger partial charge is 0.267 e. The Labute approximate surface area is 157 Å². The van der Waals surface area contributed by atoms with Crippen LogP contribution < -0.4 is 14.2 Å². The molecule has 0 bridgehead atoms. The normalized spacial score (nSPS) is 21.6. The maximum absolute atomic E-state index is 13.0. The summed E-state index contributed by atoms with van der Waals surface area (Å²) < 4.78 is 28.9. The van der Waals surface area contributed by atoms with Crippen molar-refractivity contribution >= 4 is 5.91 Å². The number of para-hydroxylation sites is 2. The zero-order valence-corrected chi connectivity index (χ0v) is 15.0. The van der Waals surface area contributed by atoms with E-state index in [-0.39, 0.29) is 18.4 Å². The van der Waals surface area contributed by atoms with Gasteiger partial charge in [0.05, 0.1) is 0 Å². The molecule has 2 aromatic carbocycles. The highest BCUT2D eigenvalue weighted by atomic mass is 19.1. The second kappa shape index (κ2) is 7.86. The Morgan fingerprint density at radius 2 is 2.04 bits per heavy atom. The number of benzene rings is 2. The second-order valence-electron chi connectivity index (χ2n) is 6.81. The van der Waals surface area contributed by atoms with Crippen LogP contribution in [0.15, 0.2) is 48.5 Å². The lowest BCUT2D eigenvalue weighted by Gasteiger charge is -2.36. The van der Waals surface area contributed by atoms with Crippen LogP contribution in [0.3, 0.4) is 0 Å². The SMILES string of the molecule is O=C([C@H]1COc2ccccc2O1)N1CCC[C@H](c2cccc(OCF)c2)C1. The van der Waals surface area contributed by atoms with Gasteiger partial charge in [-0.15, -0.1) is 0 Å². The predicted octanol–water partition coefficient (Wildman–Crippen LogP) is 3.54. The molecular formula is C21H22FNO4. The number of alkyl halides is 1. The molecule has 0 aromatic heterocycles. The van der Waals surface area contributed by atoms with Crippen LogP contribution in [0.4, 0.5) is 4.39 Å². The van der Waals surface area contributed by atoms with Gasteiger partial charge < -0.3 is 19.1 Å². The maximum Gasteiger partial charge on any atom is 0.267 e. The van der Waals surface area contributed by atoms with E-state index in [0.29, 0.717) is 30.3 Å². The molecule has 2 aromatic rings. The van der Waals surface area contributed by atoms with Crippen molar-refractivity contribution in [1.82, 2.24) is 4.90 Å². The van der Waals surface area contributed by atoms with Gasteiger partial charge in [-0.3, -0.25) is 4.79 Å². The average molecular weight is 371 g/mol. The number of amides is 1. The Kier molecular flexibility index (Phi) is 5.14. The van der Waals surface area contributed by atoms with E-state index in [4.69, 9.17) is 14.2 Å². The number of rotatable bonds is 4. The molecule has 2 heterocycles. The van der Waals surface area contributed by atoms with Gasteiger partial charge in [0.1, 0.15) is 12.4 Å². The quantitative estimate of drug-likeness (QED) is 0.825. The third kappa shape index (κ3) is 3.84. The van der Waals surface area contributed by atoms with Crippen molar-refractivity contribution in [3.63, 3.8) is 0 Å². The summed E-state index contributed by atoms with van der Waals surface area (Å²) in [7, 11) is 0. The fourth-order valence-corrected chi connectivity index (χ4v) is 3.72. The molecule has 1 fully saturated rings. The van der Waals surface area contributed by atoms with Gasteiger partial charge in [0, 0.05) is 19.0 Å². The average Bonchev–Trinajstić information content (AvgIpc) is 2.73. The van der Waals surface area contributed by atoms with Gasteiger partial charge in [0.25, 0.3) is 5.91 Å². The molecule has 1 amide bonds. The number of hydrogen-bond donors (Lipinski definition) is 0. The number of fused-ring (bicyclic) bond motifs is 1. The molecule has 0 spiro atoms. The van der Waals surface area contributed by atoms with Gasteiger partial charge >= 0.3 is 0 Å². The fourth-order valence-electron chi connectivity index (χ4n) is 3.72. The number of halogens is 1. The monoisotopic (exact) mass is 371 g/mol. The number of likely N-dealkylation sites (tertiary alicyclic amines) is 1. The fraction of sp³-hybridized carbons (Fsp3) is 0.381. The first-order valence-corrected chi connectivity index (χ1v) is 9.20. The molecule has 27 heavy (non-hydrogen) atoms. The summed E-state index contributed by atoms with van der Waals surface area (Å²) in [5.74, 6) is 1.93. The molecule has 2 aliphatic heterocycles. The molecule has 0 saturated carbocycles. The Hall–Kier alpha value is -2.76. The van der Waals surface area contributed by atoms with Crippen molar-refractivity contribution in [3.05, 3.63) is 54.1 Å². The van der Waals surface area contributed by atoms with Crippen LogP contribution in [0.2, 0.25) is 0 Å². The Balaban J connectivity index is 1.44. The van der Waals surface area contributed by atoms with Gasteiger partial charge in [0.2, 0.25) is 13.0 Å². The lowest BCUT2D eigenvalue weighted by Crippen LogP contribution is -2.49. The van der Waals surface area contributed by atoms with Gasteiger partial charge in [-0.1, -0.05) is 24.3 Å². The highest BCUT2D eigenvalue weighted by Gasteiger charge is 2.33. The van der Waals surface area contributed by atoms with E-state index in [2.05, 4.69) is 0 Å². The largest absolute Gasteiger partial charge is 0.485 e. The van der Waals surface area contributed by atoms with Crippen LogP contribution >= 0.6 is 0 Å². The molecule has 0 aliphatic carbocycles. The molecule has 0 unspecified atom stereocenters. The van der Waals surface area contributed by atoms with Crippen molar-refractivity contribution in [2.24, 2.45) is 0 Å². The van der Waals surface area contributed by atoms with Gasteiger partial charge in [-0.2, -0.15) is 0 Å². The predicted molar refractivity (Wildman–Crippen MR) is 98.0 cm³/mol. The lowest BCUT2D eigenvalue weighted by atomic mass is 9.90. The van der Waals surface area contributed by atoms with Crippen molar-refractivity contribution < 1.29 is 23.4 Å². The zero-order valence-electron chi connectivity index (χ0n) is 15.0. The van der Waals surface area contributed by atoms with Crippen molar-refractivity contribution in [1.29, 1.82) is 0 Å². The van der Waals surface area contributed by atoms with Gasteiger partial charge in [-0.05, 0) is 42.7 Å². The molecule has 1 saturated heterocycles. The molecule has 5 nitrogen and oxygen atoms in total. The van der Waals surface area contributed by atoms with Crippen molar-refractivity contribution in [2.75, 3.05) is 26.6 Å². The van der Waals surface area contributed by atoms with Crippen molar-refractivity contribution in [3.8, 4) is 17.2 Å². The van der Waals surface area contributed by atoms with E-state index in [1.54, 1.807) is 6.07 Å². The number of carbonyl (C=O) groups is 1. The maximum atomic E-state index is 13.0. The molecule has 2 aliphatic rings. The van der Waals surface area contributed by atoms with E-state index >= 15 is 0 Å². The molecule has 0 radical (unpaired) electrons. The summed E-state index contributed by atoms with van der Waals surface area (Å²) in [6.07, 6.45) is 1.27. The van der Waals surface area contributed by atoms with Gasteiger partial charge in [0.15, 0.2) is 11.5 Å². The highest BCUT2D eigenvalue weighted by Crippen LogP contribution is 2.33. The third-order valence-electron chi connectivity index (χ3n) is 5.07. The standard InChI is InChI=1S/C21H22FNO4/c22-14-26-17-7-3-5-15(11-17)16-6-4-10-23(12-16)21(24)20-13-25-18-8-1-2-9-19(18)27-20/h1-3,5,7-9,11,16,20H,4,6,10,12-14H2/t16-,20+/m0/s1.